The number of ketones is 1. The van der Waals surface area contributed by atoms with Gasteiger partial charge in [0.1, 0.15) is 0 Å². The van der Waals surface area contributed by atoms with Gasteiger partial charge in [-0.3, -0.25) is 4.79 Å². The maximum atomic E-state index is 11.7. The van der Waals surface area contributed by atoms with Gasteiger partial charge in [-0.15, -0.1) is 0 Å². The van der Waals surface area contributed by atoms with Crippen molar-refractivity contribution in [2.45, 2.75) is 13.3 Å². The topological polar surface area (TPSA) is 60.8 Å². The van der Waals surface area contributed by atoms with Crippen LogP contribution >= 0.6 is 0 Å². The Labute approximate surface area is 124 Å². The zero-order valence-electron chi connectivity index (χ0n) is 12.2. The number of carbonyl (C=O) groups excluding carboxylic acids is 1. The number of fused-ring (bicyclic) bond motifs is 1. The first-order valence-corrected chi connectivity index (χ1v) is 7.23. The van der Waals surface area contributed by atoms with Gasteiger partial charge >= 0.3 is 0 Å². The highest BCUT2D eigenvalue weighted by molar-refractivity contribution is 6.00. The minimum atomic E-state index is 0.0436. The highest BCUT2D eigenvalue weighted by Gasteiger charge is 2.08. The number of benzene rings is 2. The number of rotatable bonds is 7. The fraction of sp³-hybridized carbons (Fsp3) is 0.353. The quantitative estimate of drug-likeness (QED) is 0.767. The number of anilines is 1. The van der Waals surface area contributed by atoms with E-state index < -0.39 is 0 Å². The molecule has 2 N–H and O–H groups in total. The Morgan fingerprint density at radius 3 is 2.24 bits per heavy atom. The third-order valence-corrected chi connectivity index (χ3v) is 3.57. The van der Waals surface area contributed by atoms with Gasteiger partial charge in [0.2, 0.25) is 0 Å². The largest absolute Gasteiger partial charge is 0.395 e. The second kappa shape index (κ2) is 7.20. The van der Waals surface area contributed by atoms with E-state index in [0.29, 0.717) is 19.5 Å². The van der Waals surface area contributed by atoms with Crippen LogP contribution in [0.4, 0.5) is 5.69 Å². The van der Waals surface area contributed by atoms with Crippen LogP contribution in [0.1, 0.15) is 23.7 Å². The normalized spacial score (nSPS) is 10.8. The van der Waals surface area contributed by atoms with E-state index in [2.05, 4.69) is 0 Å². The van der Waals surface area contributed by atoms with Gasteiger partial charge in [0.15, 0.2) is 5.78 Å². The molecule has 0 aromatic heterocycles. The summed E-state index contributed by atoms with van der Waals surface area (Å²) >= 11 is 0. The highest BCUT2D eigenvalue weighted by atomic mass is 16.3. The summed E-state index contributed by atoms with van der Waals surface area (Å²) in [6.45, 7) is 2.91. The minimum Gasteiger partial charge on any atom is -0.395 e. The molecular formula is C17H21NO3. The number of carbonyl (C=O) groups is 1. The van der Waals surface area contributed by atoms with Crippen LogP contribution < -0.4 is 4.90 Å². The molecule has 0 saturated carbocycles. The summed E-state index contributed by atoms with van der Waals surface area (Å²) in [5, 5.41) is 20.3. The predicted molar refractivity (Wildman–Crippen MR) is 85.0 cm³/mol. The molecule has 4 heteroatoms. The number of Topliss-reactive ketones (excluding diaryl/α,β-unsaturated/α-hetero) is 1. The molecular weight excluding hydrogens is 266 g/mol. The second-order valence-electron chi connectivity index (χ2n) is 4.96. The average Bonchev–Trinajstić information content (AvgIpc) is 2.53. The molecule has 2 rings (SSSR count). The number of aliphatic hydroxyl groups excluding tert-OH is 2. The summed E-state index contributed by atoms with van der Waals surface area (Å²) in [6, 6.07) is 11.6. The molecule has 2 aromatic rings. The molecule has 4 nitrogen and oxygen atoms in total. The summed E-state index contributed by atoms with van der Waals surface area (Å²) in [7, 11) is 0. The van der Waals surface area contributed by atoms with E-state index in [9.17, 15) is 4.79 Å². The minimum absolute atomic E-state index is 0.0436. The van der Waals surface area contributed by atoms with Crippen LogP contribution in [-0.2, 0) is 0 Å². The Kier molecular flexibility index (Phi) is 5.31. The fourth-order valence-electron chi connectivity index (χ4n) is 2.42. The lowest BCUT2D eigenvalue weighted by Crippen LogP contribution is -2.29. The summed E-state index contributed by atoms with van der Waals surface area (Å²) in [5.74, 6) is 0.142. The second-order valence-corrected chi connectivity index (χ2v) is 4.96. The lowest BCUT2D eigenvalue weighted by Gasteiger charge is -2.23. The van der Waals surface area contributed by atoms with Crippen LogP contribution in [0, 0.1) is 0 Å². The molecule has 0 aliphatic heterocycles. The SMILES string of the molecule is CCC(=O)c1ccc2cc(N(CCO)CCO)ccc2c1. The summed E-state index contributed by atoms with van der Waals surface area (Å²) < 4.78 is 0. The van der Waals surface area contributed by atoms with E-state index in [1.54, 1.807) is 0 Å². The van der Waals surface area contributed by atoms with Gasteiger partial charge in [0.25, 0.3) is 0 Å². The van der Waals surface area contributed by atoms with Crippen molar-refractivity contribution >= 4 is 22.2 Å². The third kappa shape index (κ3) is 3.60. The van der Waals surface area contributed by atoms with Gasteiger partial charge in [-0.05, 0) is 29.0 Å². The maximum Gasteiger partial charge on any atom is 0.162 e. The van der Waals surface area contributed by atoms with E-state index in [1.807, 2.05) is 48.2 Å². The van der Waals surface area contributed by atoms with E-state index in [1.165, 1.54) is 0 Å². The summed E-state index contributed by atoms with van der Waals surface area (Å²) in [6.07, 6.45) is 0.504. The molecule has 0 spiro atoms. The first-order valence-electron chi connectivity index (χ1n) is 7.23. The van der Waals surface area contributed by atoms with Gasteiger partial charge in [-0.1, -0.05) is 25.1 Å². The molecule has 0 atom stereocenters. The molecule has 21 heavy (non-hydrogen) atoms. The molecule has 0 bridgehead atoms. The summed E-state index contributed by atoms with van der Waals surface area (Å²) in [4.78, 5) is 13.7. The lowest BCUT2D eigenvalue weighted by atomic mass is 10.0. The van der Waals surface area contributed by atoms with E-state index in [-0.39, 0.29) is 19.0 Å². The van der Waals surface area contributed by atoms with Crippen LogP contribution in [0.5, 0.6) is 0 Å². The Morgan fingerprint density at radius 1 is 1.00 bits per heavy atom. The van der Waals surface area contributed by atoms with Crippen LogP contribution in [0.15, 0.2) is 36.4 Å². The Hall–Kier alpha value is -1.91. The fourth-order valence-corrected chi connectivity index (χ4v) is 2.42. The van der Waals surface area contributed by atoms with Crippen molar-refractivity contribution in [1.82, 2.24) is 0 Å². The van der Waals surface area contributed by atoms with Gasteiger partial charge in [-0.2, -0.15) is 0 Å². The summed E-state index contributed by atoms with van der Waals surface area (Å²) in [5.41, 5.74) is 1.69. The molecule has 0 fully saturated rings. The molecule has 0 aliphatic rings. The van der Waals surface area contributed by atoms with Crippen molar-refractivity contribution < 1.29 is 15.0 Å². The smallest absolute Gasteiger partial charge is 0.162 e. The zero-order valence-corrected chi connectivity index (χ0v) is 12.2. The number of hydrogen-bond acceptors (Lipinski definition) is 4. The molecule has 0 amide bonds. The first kappa shape index (κ1) is 15.5. The molecule has 0 heterocycles. The van der Waals surface area contributed by atoms with Crippen LogP contribution in [0.2, 0.25) is 0 Å². The lowest BCUT2D eigenvalue weighted by molar-refractivity contribution is 0.0988. The number of hydrogen-bond donors (Lipinski definition) is 2. The average molecular weight is 287 g/mol. The van der Waals surface area contributed by atoms with Crippen LogP contribution in [0.25, 0.3) is 10.8 Å². The highest BCUT2D eigenvalue weighted by Crippen LogP contribution is 2.23. The van der Waals surface area contributed by atoms with Crippen LogP contribution in [-0.4, -0.2) is 42.3 Å². The van der Waals surface area contributed by atoms with Crippen LogP contribution in [0.3, 0.4) is 0 Å². The monoisotopic (exact) mass is 287 g/mol. The Bertz CT molecular complexity index is 618. The van der Waals surface area contributed by atoms with E-state index >= 15 is 0 Å². The van der Waals surface area contributed by atoms with Gasteiger partial charge in [0.05, 0.1) is 13.2 Å². The molecule has 0 saturated heterocycles. The standard InChI is InChI=1S/C17H21NO3/c1-2-17(21)15-4-3-14-12-16(6-5-13(14)11-15)18(7-9-19)8-10-20/h3-6,11-12,19-20H,2,7-10H2,1H3. The number of nitrogens with zero attached hydrogens (tertiary/aromatic N) is 1. The maximum absolute atomic E-state index is 11.7. The van der Waals surface area contributed by atoms with Gasteiger partial charge in [0, 0.05) is 30.8 Å². The van der Waals surface area contributed by atoms with E-state index in [0.717, 1.165) is 22.0 Å². The van der Waals surface area contributed by atoms with Crippen molar-refractivity contribution in [3.05, 3.63) is 42.0 Å². The Morgan fingerprint density at radius 2 is 1.62 bits per heavy atom. The number of aliphatic hydroxyl groups is 2. The van der Waals surface area contributed by atoms with Crippen molar-refractivity contribution in [3.63, 3.8) is 0 Å². The predicted octanol–water partition coefficient (Wildman–Crippen LogP) is 2.22. The molecule has 2 aromatic carbocycles. The van der Waals surface area contributed by atoms with Crippen molar-refractivity contribution in [1.29, 1.82) is 0 Å². The van der Waals surface area contributed by atoms with Crippen molar-refractivity contribution in [2.75, 3.05) is 31.2 Å². The Balaban J connectivity index is 2.35. The molecule has 0 unspecified atom stereocenters. The van der Waals surface area contributed by atoms with Gasteiger partial charge in [-0.25, -0.2) is 0 Å². The van der Waals surface area contributed by atoms with Crippen molar-refractivity contribution in [2.24, 2.45) is 0 Å². The van der Waals surface area contributed by atoms with E-state index in [4.69, 9.17) is 10.2 Å². The zero-order chi connectivity index (χ0) is 15.2. The third-order valence-electron chi connectivity index (χ3n) is 3.57. The molecule has 0 aliphatic carbocycles. The molecule has 112 valence electrons. The van der Waals surface area contributed by atoms with Crippen molar-refractivity contribution in [3.8, 4) is 0 Å². The molecule has 0 radical (unpaired) electrons. The first-order chi connectivity index (χ1) is 10.2. The van der Waals surface area contributed by atoms with Gasteiger partial charge < -0.3 is 15.1 Å².